The van der Waals surface area contributed by atoms with Gasteiger partial charge in [-0.25, -0.2) is 26.6 Å². The summed E-state index contributed by atoms with van der Waals surface area (Å²) in [7, 11) is -4.42. The Hall–Kier alpha value is -2.39. The predicted octanol–water partition coefficient (Wildman–Crippen LogP) is 4.03. The summed E-state index contributed by atoms with van der Waals surface area (Å²) in [5.41, 5.74) is 0.808. The van der Waals surface area contributed by atoms with Gasteiger partial charge in [0.05, 0.1) is 0 Å². The lowest BCUT2D eigenvalue weighted by Gasteiger charge is -2.10. The molecule has 0 amide bonds. The van der Waals surface area contributed by atoms with Gasteiger partial charge in [0.1, 0.15) is 9.90 Å². The van der Waals surface area contributed by atoms with Crippen LogP contribution in [0, 0.1) is 17.5 Å². The van der Waals surface area contributed by atoms with Crippen LogP contribution in [-0.4, -0.2) is 13.4 Å². The Labute approximate surface area is 139 Å². The van der Waals surface area contributed by atoms with Gasteiger partial charge in [-0.05, 0) is 24.3 Å². The summed E-state index contributed by atoms with van der Waals surface area (Å²) in [6.45, 7) is 0. The maximum atomic E-state index is 13.7. The molecule has 124 valence electrons. The average Bonchev–Trinajstić information content (AvgIpc) is 3.06. The minimum absolute atomic E-state index is 0.145. The van der Waals surface area contributed by atoms with E-state index in [9.17, 15) is 21.6 Å². The maximum absolute atomic E-state index is 13.7. The second-order valence-electron chi connectivity index (χ2n) is 4.70. The topological polar surface area (TPSA) is 59.1 Å². The van der Waals surface area contributed by atoms with Crippen molar-refractivity contribution in [3.63, 3.8) is 0 Å². The largest absolute Gasteiger partial charge is 0.280 e. The monoisotopic (exact) mass is 370 g/mol. The van der Waals surface area contributed by atoms with Gasteiger partial charge in [-0.1, -0.05) is 12.1 Å². The van der Waals surface area contributed by atoms with Gasteiger partial charge in [0.2, 0.25) is 0 Å². The highest BCUT2D eigenvalue weighted by molar-refractivity contribution is 7.92. The van der Waals surface area contributed by atoms with E-state index in [1.165, 1.54) is 23.5 Å². The van der Waals surface area contributed by atoms with Gasteiger partial charge in [0.15, 0.2) is 17.5 Å². The van der Waals surface area contributed by atoms with Crippen molar-refractivity contribution in [2.45, 2.75) is 4.90 Å². The molecule has 1 aromatic heterocycles. The minimum atomic E-state index is -4.42. The van der Waals surface area contributed by atoms with E-state index in [1.807, 2.05) is 0 Å². The first-order valence-electron chi connectivity index (χ1n) is 6.55. The third-order valence-electron chi connectivity index (χ3n) is 3.08. The van der Waals surface area contributed by atoms with E-state index in [0.29, 0.717) is 22.7 Å². The van der Waals surface area contributed by atoms with E-state index < -0.39 is 32.4 Å². The summed E-state index contributed by atoms with van der Waals surface area (Å²) >= 11 is 1.37. The second-order valence-corrected chi connectivity index (χ2v) is 7.24. The van der Waals surface area contributed by atoms with Gasteiger partial charge in [-0.15, -0.1) is 11.3 Å². The van der Waals surface area contributed by atoms with Crippen LogP contribution in [0.5, 0.6) is 0 Å². The Kier molecular flexibility index (Phi) is 4.29. The molecule has 0 spiro atoms. The number of hydrogen-bond donors (Lipinski definition) is 1. The van der Waals surface area contributed by atoms with E-state index in [-0.39, 0.29) is 5.69 Å². The van der Waals surface area contributed by atoms with E-state index in [4.69, 9.17) is 0 Å². The van der Waals surface area contributed by atoms with E-state index in [1.54, 1.807) is 23.7 Å². The number of benzene rings is 2. The molecular weight excluding hydrogens is 361 g/mol. The summed E-state index contributed by atoms with van der Waals surface area (Å²) in [5, 5.41) is 2.44. The summed E-state index contributed by atoms with van der Waals surface area (Å²) in [5.74, 6) is -5.06. The fourth-order valence-electron chi connectivity index (χ4n) is 2.01. The Morgan fingerprint density at radius 3 is 2.54 bits per heavy atom. The lowest BCUT2D eigenvalue weighted by Crippen LogP contribution is -2.15. The zero-order chi connectivity index (χ0) is 17.3. The molecule has 1 heterocycles. The molecule has 3 rings (SSSR count). The molecule has 0 aliphatic carbocycles. The third-order valence-corrected chi connectivity index (χ3v) is 5.30. The fraction of sp³-hybridized carbons (Fsp3) is 0. The molecule has 4 nitrogen and oxygen atoms in total. The summed E-state index contributed by atoms with van der Waals surface area (Å²) in [6.07, 6.45) is 1.60. The molecule has 0 saturated heterocycles. The maximum Gasteiger partial charge on any atom is 0.264 e. The summed E-state index contributed by atoms with van der Waals surface area (Å²) in [6, 6.07) is 7.51. The first-order chi connectivity index (χ1) is 11.4. The van der Waals surface area contributed by atoms with E-state index in [2.05, 4.69) is 9.71 Å². The molecule has 24 heavy (non-hydrogen) atoms. The summed E-state index contributed by atoms with van der Waals surface area (Å²) in [4.78, 5) is 3.14. The first-order valence-corrected chi connectivity index (χ1v) is 8.91. The van der Waals surface area contributed by atoms with Crippen LogP contribution in [-0.2, 0) is 10.0 Å². The molecule has 2 aromatic carbocycles. The highest BCUT2D eigenvalue weighted by Crippen LogP contribution is 2.27. The molecule has 0 radical (unpaired) electrons. The highest BCUT2D eigenvalue weighted by atomic mass is 32.2. The van der Waals surface area contributed by atoms with E-state index in [0.717, 1.165) is 0 Å². The number of hydrogen-bond acceptors (Lipinski definition) is 4. The number of thiazole rings is 1. The number of aromatic nitrogens is 1. The lowest BCUT2D eigenvalue weighted by molar-refractivity contribution is 0.432. The normalized spacial score (nSPS) is 11.5. The minimum Gasteiger partial charge on any atom is -0.280 e. The van der Waals surface area contributed by atoms with Gasteiger partial charge >= 0.3 is 0 Å². The Morgan fingerprint density at radius 1 is 1.04 bits per heavy atom. The smallest absolute Gasteiger partial charge is 0.264 e. The van der Waals surface area contributed by atoms with Crippen molar-refractivity contribution >= 4 is 27.0 Å². The predicted molar refractivity (Wildman–Crippen MR) is 84.7 cm³/mol. The molecule has 0 atom stereocenters. The zero-order valence-electron chi connectivity index (χ0n) is 11.8. The van der Waals surface area contributed by atoms with E-state index >= 15 is 0 Å². The van der Waals surface area contributed by atoms with Crippen molar-refractivity contribution in [1.29, 1.82) is 0 Å². The number of rotatable bonds is 4. The standard InChI is InChI=1S/C15H9F3N2O2S2/c16-11-4-5-12(14(18)13(11)17)24(21,22)20-10-3-1-2-9(8-10)15-19-6-7-23-15/h1-8,20H. The number of sulfonamides is 1. The number of anilines is 1. The summed E-state index contributed by atoms with van der Waals surface area (Å²) < 4.78 is 66.5. The number of halogens is 3. The van der Waals surface area contributed by atoms with Crippen LogP contribution < -0.4 is 4.72 Å². The molecule has 1 N–H and O–H groups in total. The quantitative estimate of drug-likeness (QED) is 0.706. The van der Waals surface area contributed by atoms with Crippen molar-refractivity contribution in [2.75, 3.05) is 4.72 Å². The SMILES string of the molecule is O=S(=O)(Nc1cccc(-c2nccs2)c1)c1ccc(F)c(F)c1F. The van der Waals surface area contributed by atoms with Crippen molar-refractivity contribution in [1.82, 2.24) is 4.98 Å². The van der Waals surface area contributed by atoms with Crippen LogP contribution in [0.15, 0.2) is 52.9 Å². The average molecular weight is 370 g/mol. The Bertz CT molecular complexity index is 990. The first kappa shape index (κ1) is 16.5. The van der Waals surface area contributed by atoms with Crippen LogP contribution >= 0.6 is 11.3 Å². The van der Waals surface area contributed by atoms with Crippen molar-refractivity contribution in [3.05, 3.63) is 65.4 Å². The van der Waals surface area contributed by atoms with Gasteiger partial charge in [0, 0.05) is 22.8 Å². The molecule has 0 saturated carbocycles. The number of nitrogens with zero attached hydrogens (tertiary/aromatic N) is 1. The van der Waals surface area contributed by atoms with Crippen LogP contribution in [0.25, 0.3) is 10.6 Å². The fourth-order valence-corrected chi connectivity index (χ4v) is 3.76. The van der Waals surface area contributed by atoms with Crippen molar-refractivity contribution in [3.8, 4) is 10.6 Å². The zero-order valence-corrected chi connectivity index (χ0v) is 13.5. The second kappa shape index (κ2) is 6.25. The third kappa shape index (κ3) is 3.13. The molecule has 0 bridgehead atoms. The van der Waals surface area contributed by atoms with Crippen LogP contribution in [0.3, 0.4) is 0 Å². The van der Waals surface area contributed by atoms with Gasteiger partial charge in [0.25, 0.3) is 10.0 Å². The Balaban J connectivity index is 1.96. The van der Waals surface area contributed by atoms with Crippen LogP contribution in [0.2, 0.25) is 0 Å². The van der Waals surface area contributed by atoms with Crippen molar-refractivity contribution in [2.24, 2.45) is 0 Å². The molecule has 3 aromatic rings. The van der Waals surface area contributed by atoms with Gasteiger partial charge < -0.3 is 0 Å². The van der Waals surface area contributed by atoms with Crippen molar-refractivity contribution < 1.29 is 21.6 Å². The molecule has 0 unspecified atom stereocenters. The molecular formula is C15H9F3N2O2S2. The lowest BCUT2D eigenvalue weighted by atomic mass is 10.2. The van der Waals surface area contributed by atoms with Crippen LogP contribution in [0.1, 0.15) is 0 Å². The molecule has 9 heteroatoms. The Morgan fingerprint density at radius 2 is 1.83 bits per heavy atom. The molecule has 0 aliphatic heterocycles. The number of nitrogens with one attached hydrogen (secondary N) is 1. The van der Waals surface area contributed by atoms with Gasteiger partial charge in [-0.3, -0.25) is 4.72 Å². The molecule has 0 aliphatic rings. The van der Waals surface area contributed by atoms with Gasteiger partial charge in [-0.2, -0.15) is 0 Å². The highest BCUT2D eigenvalue weighted by Gasteiger charge is 2.24. The molecule has 0 fully saturated rings. The van der Waals surface area contributed by atoms with Crippen LogP contribution in [0.4, 0.5) is 18.9 Å².